The third-order valence-electron chi connectivity index (χ3n) is 1.85. The molecule has 0 N–H and O–H groups in total. The number of aromatic nitrogens is 1. The number of para-hydroxylation sites is 1. The molecule has 1 radical (unpaired) electrons. The SMILES string of the molecule is CCOc1c[c]nc2ccccc12. The van der Waals surface area contributed by atoms with E-state index < -0.39 is 0 Å². The van der Waals surface area contributed by atoms with Crippen molar-refractivity contribution >= 4 is 10.9 Å². The molecular weight excluding hydrogens is 162 g/mol. The molecule has 0 atom stereocenters. The molecule has 1 heterocycles. The van der Waals surface area contributed by atoms with E-state index in [1.807, 2.05) is 31.2 Å². The van der Waals surface area contributed by atoms with Crippen LogP contribution in [0, 0.1) is 6.20 Å². The lowest BCUT2D eigenvalue weighted by molar-refractivity contribution is 0.344. The topological polar surface area (TPSA) is 22.1 Å². The van der Waals surface area contributed by atoms with Crippen molar-refractivity contribution in [3.63, 3.8) is 0 Å². The molecule has 0 amide bonds. The van der Waals surface area contributed by atoms with Gasteiger partial charge >= 0.3 is 0 Å². The minimum atomic E-state index is 0.668. The predicted molar refractivity (Wildman–Crippen MR) is 51.7 cm³/mol. The zero-order valence-corrected chi connectivity index (χ0v) is 7.45. The van der Waals surface area contributed by atoms with Gasteiger partial charge < -0.3 is 4.74 Å². The first-order valence-electron chi connectivity index (χ1n) is 4.30. The fourth-order valence-corrected chi connectivity index (χ4v) is 1.29. The van der Waals surface area contributed by atoms with Gasteiger partial charge in [-0.05, 0) is 19.1 Å². The van der Waals surface area contributed by atoms with Crippen molar-refractivity contribution in [3.8, 4) is 5.75 Å². The zero-order valence-electron chi connectivity index (χ0n) is 7.45. The van der Waals surface area contributed by atoms with Crippen molar-refractivity contribution in [1.29, 1.82) is 0 Å². The fourth-order valence-electron chi connectivity index (χ4n) is 1.29. The number of nitrogens with zero attached hydrogens (tertiary/aromatic N) is 1. The molecule has 13 heavy (non-hydrogen) atoms. The summed E-state index contributed by atoms with van der Waals surface area (Å²) in [5, 5.41) is 1.04. The Balaban J connectivity index is 2.61. The molecule has 2 heteroatoms. The Morgan fingerprint density at radius 3 is 3.08 bits per heavy atom. The van der Waals surface area contributed by atoms with Gasteiger partial charge in [0.25, 0.3) is 0 Å². The molecule has 65 valence electrons. The molecule has 0 bridgehead atoms. The first-order valence-corrected chi connectivity index (χ1v) is 4.30. The maximum Gasteiger partial charge on any atom is 0.130 e. The Morgan fingerprint density at radius 1 is 1.38 bits per heavy atom. The monoisotopic (exact) mass is 172 g/mol. The van der Waals surface area contributed by atoms with Gasteiger partial charge in [0.05, 0.1) is 18.3 Å². The van der Waals surface area contributed by atoms with Crippen LogP contribution in [0.5, 0.6) is 5.75 Å². The van der Waals surface area contributed by atoms with Crippen LogP contribution >= 0.6 is 0 Å². The van der Waals surface area contributed by atoms with Crippen LogP contribution in [0.4, 0.5) is 0 Å². The van der Waals surface area contributed by atoms with Gasteiger partial charge in [-0.1, -0.05) is 12.1 Å². The van der Waals surface area contributed by atoms with E-state index in [0.717, 1.165) is 16.7 Å². The van der Waals surface area contributed by atoms with Gasteiger partial charge in [-0.3, -0.25) is 0 Å². The van der Waals surface area contributed by atoms with Gasteiger partial charge in [-0.2, -0.15) is 0 Å². The van der Waals surface area contributed by atoms with E-state index in [0.29, 0.717) is 6.61 Å². The van der Waals surface area contributed by atoms with E-state index in [9.17, 15) is 0 Å². The Morgan fingerprint density at radius 2 is 2.23 bits per heavy atom. The smallest absolute Gasteiger partial charge is 0.130 e. The summed E-state index contributed by atoms with van der Waals surface area (Å²) in [5.41, 5.74) is 0.924. The molecule has 2 aromatic rings. The summed E-state index contributed by atoms with van der Waals surface area (Å²) in [5.74, 6) is 0.855. The summed E-state index contributed by atoms with van der Waals surface area (Å²) in [6.45, 7) is 2.64. The third kappa shape index (κ3) is 1.47. The molecule has 2 nitrogen and oxygen atoms in total. The Kier molecular flexibility index (Phi) is 2.13. The standard InChI is InChI=1S/C11H10NO/c1-2-13-11-7-8-12-10-6-4-3-5-9(10)11/h3-7H,2H2,1H3. The molecule has 0 saturated heterocycles. The highest BCUT2D eigenvalue weighted by Gasteiger charge is 2.00. The van der Waals surface area contributed by atoms with Crippen LogP contribution in [0.1, 0.15) is 6.92 Å². The summed E-state index contributed by atoms with van der Waals surface area (Å²) in [4.78, 5) is 4.12. The first-order chi connectivity index (χ1) is 6.42. The highest BCUT2D eigenvalue weighted by molar-refractivity contribution is 5.84. The van der Waals surface area contributed by atoms with Crippen molar-refractivity contribution in [1.82, 2.24) is 4.98 Å². The quantitative estimate of drug-likeness (QED) is 0.694. The molecule has 0 aliphatic carbocycles. The van der Waals surface area contributed by atoms with Crippen LogP contribution in [0.3, 0.4) is 0 Å². The van der Waals surface area contributed by atoms with E-state index in [1.54, 1.807) is 6.07 Å². The van der Waals surface area contributed by atoms with Crippen LogP contribution in [0.15, 0.2) is 30.3 Å². The summed E-state index contributed by atoms with van der Waals surface area (Å²) in [7, 11) is 0. The number of hydrogen-bond acceptors (Lipinski definition) is 2. The van der Waals surface area contributed by atoms with E-state index in [2.05, 4.69) is 11.2 Å². The zero-order chi connectivity index (χ0) is 9.10. The summed E-state index contributed by atoms with van der Waals surface area (Å²) >= 11 is 0. The normalized spacial score (nSPS) is 10.2. The van der Waals surface area contributed by atoms with Crippen LogP contribution in [-0.2, 0) is 0 Å². The highest BCUT2D eigenvalue weighted by atomic mass is 16.5. The van der Waals surface area contributed by atoms with Gasteiger partial charge in [0.1, 0.15) is 5.75 Å². The molecule has 0 spiro atoms. The molecule has 0 fully saturated rings. The molecule has 1 aromatic heterocycles. The number of ether oxygens (including phenoxy) is 1. The number of benzene rings is 1. The first kappa shape index (κ1) is 8.05. The maximum absolute atomic E-state index is 5.45. The van der Waals surface area contributed by atoms with E-state index >= 15 is 0 Å². The second-order valence-corrected chi connectivity index (χ2v) is 2.70. The molecule has 0 aliphatic rings. The molecule has 2 rings (SSSR count). The average Bonchev–Trinajstić information content (AvgIpc) is 2.19. The van der Waals surface area contributed by atoms with Crippen LogP contribution in [0.25, 0.3) is 10.9 Å². The van der Waals surface area contributed by atoms with E-state index in [1.165, 1.54) is 0 Å². The average molecular weight is 172 g/mol. The molecular formula is C11H10NO. The van der Waals surface area contributed by atoms with Crippen molar-refractivity contribution in [2.45, 2.75) is 6.92 Å². The second-order valence-electron chi connectivity index (χ2n) is 2.70. The van der Waals surface area contributed by atoms with Crippen molar-refractivity contribution in [2.24, 2.45) is 0 Å². The molecule has 0 aliphatic heterocycles. The van der Waals surface area contributed by atoms with E-state index in [-0.39, 0.29) is 0 Å². The second kappa shape index (κ2) is 3.44. The van der Waals surface area contributed by atoms with Crippen LogP contribution in [-0.4, -0.2) is 11.6 Å². The largest absolute Gasteiger partial charge is 0.493 e. The van der Waals surface area contributed by atoms with Crippen molar-refractivity contribution in [2.75, 3.05) is 6.61 Å². The van der Waals surface area contributed by atoms with Crippen LogP contribution in [0.2, 0.25) is 0 Å². The van der Waals surface area contributed by atoms with Gasteiger partial charge in [-0.15, -0.1) is 0 Å². The lowest BCUT2D eigenvalue weighted by atomic mass is 10.2. The van der Waals surface area contributed by atoms with Gasteiger partial charge in [0.2, 0.25) is 0 Å². The predicted octanol–water partition coefficient (Wildman–Crippen LogP) is 2.43. The summed E-state index contributed by atoms with van der Waals surface area (Å²) in [6.07, 6.45) is 2.81. The fraction of sp³-hybridized carbons (Fsp3) is 0.182. The Hall–Kier alpha value is -1.57. The lowest BCUT2D eigenvalue weighted by Crippen LogP contribution is -1.92. The highest BCUT2D eigenvalue weighted by Crippen LogP contribution is 2.22. The van der Waals surface area contributed by atoms with Gasteiger partial charge in [0.15, 0.2) is 0 Å². The number of hydrogen-bond donors (Lipinski definition) is 0. The van der Waals surface area contributed by atoms with Gasteiger partial charge in [0, 0.05) is 11.5 Å². The molecule has 0 unspecified atom stereocenters. The van der Waals surface area contributed by atoms with Crippen molar-refractivity contribution in [3.05, 3.63) is 36.5 Å². The lowest BCUT2D eigenvalue weighted by Gasteiger charge is -2.05. The van der Waals surface area contributed by atoms with E-state index in [4.69, 9.17) is 4.74 Å². The Bertz CT molecular complexity index is 406. The maximum atomic E-state index is 5.45. The number of fused-ring (bicyclic) bond motifs is 1. The minimum absolute atomic E-state index is 0.668. The third-order valence-corrected chi connectivity index (χ3v) is 1.85. The van der Waals surface area contributed by atoms with Crippen molar-refractivity contribution < 1.29 is 4.74 Å². The number of pyridine rings is 1. The Labute approximate surface area is 77.2 Å². The van der Waals surface area contributed by atoms with Gasteiger partial charge in [-0.25, -0.2) is 4.98 Å². The summed E-state index contributed by atoms with van der Waals surface area (Å²) < 4.78 is 5.45. The van der Waals surface area contributed by atoms with Crippen LogP contribution < -0.4 is 4.74 Å². The number of rotatable bonds is 2. The molecule has 1 aromatic carbocycles. The summed E-state index contributed by atoms with van der Waals surface area (Å²) in [6, 6.07) is 9.66. The molecule has 0 saturated carbocycles. The minimum Gasteiger partial charge on any atom is -0.493 e.